The fraction of sp³-hybridized carbons (Fsp3) is 0.500. The number of nitrogens with one attached hydrogen (secondary N) is 1. The minimum atomic E-state index is -0.425. The Balaban J connectivity index is 2.37. The number of furan rings is 1. The van der Waals surface area contributed by atoms with Crippen LogP contribution in [0.4, 0.5) is 0 Å². The summed E-state index contributed by atoms with van der Waals surface area (Å²) in [6.07, 6.45) is -0.425. The second-order valence-electron chi connectivity index (χ2n) is 3.11. The lowest BCUT2D eigenvalue weighted by molar-refractivity contribution is -0.130. The van der Waals surface area contributed by atoms with Gasteiger partial charge in [0.15, 0.2) is 0 Å². The number of carbonyl (C=O) groups is 1. The highest BCUT2D eigenvalue weighted by molar-refractivity contribution is 5.80. The standard InChI is InChI=1S/C10H15NO3/c1-7-4-5-9(14-7)6-11-10(12)8(2)13-3/h4-5,8H,6H2,1-3H3,(H,11,12). The van der Waals surface area contributed by atoms with Crippen LogP contribution in [0, 0.1) is 6.92 Å². The monoisotopic (exact) mass is 197 g/mol. The van der Waals surface area contributed by atoms with Gasteiger partial charge in [-0.3, -0.25) is 4.79 Å². The van der Waals surface area contributed by atoms with Crippen molar-refractivity contribution in [1.29, 1.82) is 0 Å². The quantitative estimate of drug-likeness (QED) is 0.790. The van der Waals surface area contributed by atoms with E-state index in [1.165, 1.54) is 7.11 Å². The fourth-order valence-electron chi connectivity index (χ4n) is 1.01. The fourth-order valence-corrected chi connectivity index (χ4v) is 1.01. The average Bonchev–Trinajstić information content (AvgIpc) is 2.59. The van der Waals surface area contributed by atoms with E-state index in [0.29, 0.717) is 6.54 Å². The number of aryl methyl sites for hydroxylation is 1. The smallest absolute Gasteiger partial charge is 0.249 e. The van der Waals surface area contributed by atoms with Gasteiger partial charge in [-0.1, -0.05) is 0 Å². The molecule has 4 nitrogen and oxygen atoms in total. The van der Waals surface area contributed by atoms with Crippen molar-refractivity contribution in [1.82, 2.24) is 5.32 Å². The van der Waals surface area contributed by atoms with Gasteiger partial charge < -0.3 is 14.5 Å². The lowest BCUT2D eigenvalue weighted by Gasteiger charge is -2.08. The van der Waals surface area contributed by atoms with E-state index < -0.39 is 6.10 Å². The Labute approximate surface area is 83.2 Å². The molecule has 1 rings (SSSR count). The van der Waals surface area contributed by atoms with Crippen LogP contribution < -0.4 is 5.32 Å². The van der Waals surface area contributed by atoms with Crippen molar-refractivity contribution in [2.75, 3.05) is 7.11 Å². The largest absolute Gasteiger partial charge is 0.465 e. The SMILES string of the molecule is COC(C)C(=O)NCc1ccc(C)o1. The van der Waals surface area contributed by atoms with E-state index in [1.807, 2.05) is 19.1 Å². The topological polar surface area (TPSA) is 51.5 Å². The van der Waals surface area contributed by atoms with Crippen LogP contribution in [0.1, 0.15) is 18.4 Å². The third kappa shape index (κ3) is 2.88. The van der Waals surface area contributed by atoms with Gasteiger partial charge in [0.1, 0.15) is 17.6 Å². The Kier molecular flexibility index (Phi) is 3.71. The zero-order chi connectivity index (χ0) is 10.6. The third-order valence-corrected chi connectivity index (χ3v) is 1.96. The van der Waals surface area contributed by atoms with E-state index in [1.54, 1.807) is 6.92 Å². The average molecular weight is 197 g/mol. The van der Waals surface area contributed by atoms with Crippen molar-refractivity contribution < 1.29 is 13.9 Å². The van der Waals surface area contributed by atoms with Crippen LogP contribution in [0.25, 0.3) is 0 Å². The van der Waals surface area contributed by atoms with Gasteiger partial charge >= 0.3 is 0 Å². The molecule has 1 aromatic heterocycles. The van der Waals surface area contributed by atoms with E-state index in [9.17, 15) is 4.79 Å². The molecule has 1 unspecified atom stereocenters. The van der Waals surface area contributed by atoms with Crippen molar-refractivity contribution in [2.24, 2.45) is 0 Å². The number of hydrogen-bond acceptors (Lipinski definition) is 3. The first kappa shape index (κ1) is 10.8. The molecule has 0 radical (unpaired) electrons. The second kappa shape index (κ2) is 4.81. The van der Waals surface area contributed by atoms with Crippen LogP contribution >= 0.6 is 0 Å². The Hall–Kier alpha value is -1.29. The molecule has 4 heteroatoms. The first-order chi connectivity index (χ1) is 6.63. The summed E-state index contributed by atoms with van der Waals surface area (Å²) in [4.78, 5) is 11.3. The van der Waals surface area contributed by atoms with Crippen molar-refractivity contribution in [2.45, 2.75) is 26.5 Å². The van der Waals surface area contributed by atoms with Crippen LogP contribution in [-0.2, 0) is 16.1 Å². The summed E-state index contributed by atoms with van der Waals surface area (Å²) in [6.45, 7) is 3.96. The molecule has 1 amide bonds. The second-order valence-corrected chi connectivity index (χ2v) is 3.11. The highest BCUT2D eigenvalue weighted by atomic mass is 16.5. The number of methoxy groups -OCH3 is 1. The van der Waals surface area contributed by atoms with Crippen LogP contribution in [0.3, 0.4) is 0 Å². The molecule has 78 valence electrons. The molecular formula is C10H15NO3. The first-order valence-corrected chi connectivity index (χ1v) is 4.49. The van der Waals surface area contributed by atoms with E-state index >= 15 is 0 Å². The van der Waals surface area contributed by atoms with Gasteiger partial charge in [0.25, 0.3) is 0 Å². The first-order valence-electron chi connectivity index (χ1n) is 4.49. The number of amides is 1. The highest BCUT2D eigenvalue weighted by Crippen LogP contribution is 2.05. The van der Waals surface area contributed by atoms with Gasteiger partial charge in [-0.25, -0.2) is 0 Å². The van der Waals surface area contributed by atoms with Crippen molar-refractivity contribution in [3.05, 3.63) is 23.7 Å². The Morgan fingerprint density at radius 3 is 2.86 bits per heavy atom. The van der Waals surface area contributed by atoms with Gasteiger partial charge in [0.05, 0.1) is 6.54 Å². The predicted molar refractivity (Wildman–Crippen MR) is 51.8 cm³/mol. The minimum Gasteiger partial charge on any atom is -0.465 e. The molecule has 0 aliphatic heterocycles. The molecule has 0 fully saturated rings. The summed E-state index contributed by atoms with van der Waals surface area (Å²) in [6, 6.07) is 3.70. The zero-order valence-corrected chi connectivity index (χ0v) is 8.66. The maximum absolute atomic E-state index is 11.3. The molecule has 14 heavy (non-hydrogen) atoms. The van der Waals surface area contributed by atoms with Crippen LogP contribution in [-0.4, -0.2) is 19.1 Å². The lowest BCUT2D eigenvalue weighted by Crippen LogP contribution is -2.33. The highest BCUT2D eigenvalue weighted by Gasteiger charge is 2.11. The van der Waals surface area contributed by atoms with E-state index in [0.717, 1.165) is 11.5 Å². The maximum atomic E-state index is 11.3. The normalized spacial score (nSPS) is 12.5. The minimum absolute atomic E-state index is 0.137. The Bertz CT molecular complexity index is 306. The van der Waals surface area contributed by atoms with Crippen LogP contribution in [0.5, 0.6) is 0 Å². The maximum Gasteiger partial charge on any atom is 0.249 e. The number of hydrogen-bond donors (Lipinski definition) is 1. The number of carbonyl (C=O) groups excluding carboxylic acids is 1. The summed E-state index contributed by atoms with van der Waals surface area (Å²) in [5.74, 6) is 1.45. The van der Waals surface area contributed by atoms with Crippen LogP contribution in [0.15, 0.2) is 16.5 Å². The summed E-state index contributed by atoms with van der Waals surface area (Å²) < 4.78 is 10.2. The Morgan fingerprint density at radius 1 is 1.64 bits per heavy atom. The molecule has 0 saturated heterocycles. The molecule has 0 aliphatic rings. The number of ether oxygens (including phenoxy) is 1. The van der Waals surface area contributed by atoms with E-state index in [2.05, 4.69) is 5.32 Å². The summed E-state index contributed by atoms with van der Waals surface area (Å²) >= 11 is 0. The lowest BCUT2D eigenvalue weighted by atomic mass is 10.3. The predicted octanol–water partition coefficient (Wildman–Crippen LogP) is 1.24. The zero-order valence-electron chi connectivity index (χ0n) is 8.66. The molecular weight excluding hydrogens is 182 g/mol. The summed E-state index contributed by atoms with van der Waals surface area (Å²) in [7, 11) is 1.50. The van der Waals surface area contributed by atoms with Crippen molar-refractivity contribution >= 4 is 5.91 Å². The molecule has 0 spiro atoms. The molecule has 1 N–H and O–H groups in total. The van der Waals surface area contributed by atoms with Gasteiger partial charge in [-0.15, -0.1) is 0 Å². The molecule has 1 heterocycles. The third-order valence-electron chi connectivity index (χ3n) is 1.96. The van der Waals surface area contributed by atoms with E-state index in [4.69, 9.17) is 9.15 Å². The van der Waals surface area contributed by atoms with Gasteiger partial charge in [0.2, 0.25) is 5.91 Å². The van der Waals surface area contributed by atoms with Gasteiger partial charge in [-0.2, -0.15) is 0 Å². The van der Waals surface area contributed by atoms with Crippen molar-refractivity contribution in [3.8, 4) is 0 Å². The molecule has 0 bridgehead atoms. The molecule has 1 aromatic rings. The molecule has 0 saturated carbocycles. The molecule has 1 atom stereocenters. The Morgan fingerprint density at radius 2 is 2.36 bits per heavy atom. The summed E-state index contributed by atoms with van der Waals surface area (Å²) in [5.41, 5.74) is 0. The number of rotatable bonds is 4. The summed E-state index contributed by atoms with van der Waals surface area (Å²) in [5, 5.41) is 2.71. The van der Waals surface area contributed by atoms with E-state index in [-0.39, 0.29) is 5.91 Å². The van der Waals surface area contributed by atoms with Crippen LogP contribution in [0.2, 0.25) is 0 Å². The van der Waals surface area contributed by atoms with Crippen molar-refractivity contribution in [3.63, 3.8) is 0 Å². The van der Waals surface area contributed by atoms with Gasteiger partial charge in [0, 0.05) is 7.11 Å². The van der Waals surface area contributed by atoms with Gasteiger partial charge in [-0.05, 0) is 26.0 Å². The molecule has 0 aromatic carbocycles. The molecule has 0 aliphatic carbocycles.